The first-order valence-electron chi connectivity index (χ1n) is 15.0. The van der Waals surface area contributed by atoms with Gasteiger partial charge in [0, 0.05) is 12.7 Å². The predicted octanol–water partition coefficient (Wildman–Crippen LogP) is 3.57. The molecule has 1 aromatic heterocycles. The van der Waals surface area contributed by atoms with Crippen molar-refractivity contribution in [2.75, 3.05) is 26.2 Å². The Morgan fingerprint density at radius 2 is 1.45 bits per heavy atom. The van der Waals surface area contributed by atoms with Crippen LogP contribution in [0.2, 0.25) is 0 Å². The molecule has 1 heterocycles. The molecule has 244 valence electrons. The largest absolute Gasteiger partial charge is 0.444 e. The maximum atomic E-state index is 12.8. The summed E-state index contributed by atoms with van der Waals surface area (Å²) >= 11 is 0. The van der Waals surface area contributed by atoms with Gasteiger partial charge in [0.25, 0.3) is 5.91 Å². The summed E-state index contributed by atoms with van der Waals surface area (Å²) in [5.74, 6) is -0.651. The molecule has 1 aromatic carbocycles. The van der Waals surface area contributed by atoms with E-state index in [1.165, 1.54) is 17.2 Å². The molecule has 0 radical (unpaired) electrons. The van der Waals surface area contributed by atoms with Gasteiger partial charge in [-0.2, -0.15) is 0 Å². The molecule has 11 nitrogen and oxygen atoms in total. The summed E-state index contributed by atoms with van der Waals surface area (Å²) in [6, 6.07) is 13.4. The highest BCUT2D eigenvalue weighted by molar-refractivity contribution is 5.95. The van der Waals surface area contributed by atoms with Gasteiger partial charge in [-0.15, -0.1) is 0 Å². The third-order valence-corrected chi connectivity index (χ3v) is 5.51. The molecule has 0 spiro atoms. The van der Waals surface area contributed by atoms with E-state index in [1.54, 1.807) is 32.9 Å². The van der Waals surface area contributed by atoms with Crippen LogP contribution in [-0.4, -0.2) is 82.7 Å². The fourth-order valence-electron chi connectivity index (χ4n) is 3.74. The maximum absolute atomic E-state index is 12.8. The minimum absolute atomic E-state index is 0.0587. The number of hydrogen-bond acceptors (Lipinski definition) is 7. The van der Waals surface area contributed by atoms with Crippen molar-refractivity contribution in [3.8, 4) is 0 Å². The average molecular weight is 614 g/mol. The van der Waals surface area contributed by atoms with Crippen molar-refractivity contribution >= 4 is 23.8 Å². The van der Waals surface area contributed by atoms with E-state index in [2.05, 4.69) is 41.7 Å². The molecule has 0 saturated heterocycles. The highest BCUT2D eigenvalue weighted by atomic mass is 16.6. The number of amides is 4. The molecule has 0 aliphatic carbocycles. The second-order valence-electron chi connectivity index (χ2n) is 12.6. The summed E-state index contributed by atoms with van der Waals surface area (Å²) in [6.45, 7) is 15.3. The van der Waals surface area contributed by atoms with Crippen molar-refractivity contribution in [1.29, 1.82) is 0 Å². The van der Waals surface area contributed by atoms with Crippen LogP contribution in [0.15, 0.2) is 54.7 Å². The Balaban J connectivity index is 0.00000227. The molecule has 0 saturated carbocycles. The van der Waals surface area contributed by atoms with Crippen LogP contribution in [0, 0.1) is 11.8 Å². The molecule has 0 aliphatic heterocycles. The van der Waals surface area contributed by atoms with Gasteiger partial charge in [0.05, 0.1) is 31.8 Å². The first-order valence-corrected chi connectivity index (χ1v) is 15.0. The monoisotopic (exact) mass is 613 g/mol. The molecule has 11 heteroatoms. The van der Waals surface area contributed by atoms with Gasteiger partial charge in [-0.1, -0.05) is 71.0 Å². The van der Waals surface area contributed by atoms with E-state index in [9.17, 15) is 24.3 Å². The lowest BCUT2D eigenvalue weighted by Gasteiger charge is -2.32. The third kappa shape index (κ3) is 17.2. The zero-order valence-electron chi connectivity index (χ0n) is 27.4. The van der Waals surface area contributed by atoms with Crippen molar-refractivity contribution in [2.45, 2.75) is 79.6 Å². The number of carbonyl (C=O) groups is 4. The van der Waals surface area contributed by atoms with Gasteiger partial charge in [0.15, 0.2) is 0 Å². The van der Waals surface area contributed by atoms with E-state index in [-0.39, 0.29) is 31.2 Å². The Hall–Kier alpha value is -3.99. The van der Waals surface area contributed by atoms with Gasteiger partial charge in [0.2, 0.25) is 11.8 Å². The van der Waals surface area contributed by atoms with Gasteiger partial charge in [0.1, 0.15) is 11.3 Å². The van der Waals surface area contributed by atoms with Crippen molar-refractivity contribution in [2.24, 2.45) is 11.8 Å². The summed E-state index contributed by atoms with van der Waals surface area (Å²) in [5, 5.41) is 18.9. The maximum Gasteiger partial charge on any atom is 0.410 e. The van der Waals surface area contributed by atoms with E-state index in [0.29, 0.717) is 13.0 Å². The number of rotatable bonds is 13. The van der Waals surface area contributed by atoms with Crippen molar-refractivity contribution < 1.29 is 29.0 Å². The van der Waals surface area contributed by atoms with E-state index < -0.39 is 41.6 Å². The summed E-state index contributed by atoms with van der Waals surface area (Å²) in [4.78, 5) is 55.2. The lowest BCUT2D eigenvalue weighted by Crippen LogP contribution is -2.53. The van der Waals surface area contributed by atoms with Crippen LogP contribution in [0.5, 0.6) is 0 Å². The molecular formula is C33H51N5O6. The van der Waals surface area contributed by atoms with Gasteiger partial charge < -0.3 is 30.7 Å². The highest BCUT2D eigenvalue weighted by Crippen LogP contribution is 2.14. The van der Waals surface area contributed by atoms with E-state index in [1.807, 2.05) is 44.2 Å². The van der Waals surface area contributed by atoms with Crippen LogP contribution >= 0.6 is 0 Å². The standard InChI is InChI=1S/C29H41N5O6.C4H10/c1-20(2)18-34(28(39)40-29(3,4)5)19-24(35)23(15-21-11-7-6-8-12-21)33-26(37)17-31-25(36)16-32-27(38)22-13-9-10-14-30-22;1-4(2)3/h6-14,20,23-24,35H,15-19H2,1-5H3,(H,31,36)(H,32,38)(H,33,37);4H,1-3H3. The first-order chi connectivity index (χ1) is 20.6. The van der Waals surface area contributed by atoms with Crippen LogP contribution in [0.3, 0.4) is 0 Å². The van der Waals surface area contributed by atoms with Crippen molar-refractivity contribution in [3.63, 3.8) is 0 Å². The lowest BCUT2D eigenvalue weighted by molar-refractivity contribution is -0.126. The Morgan fingerprint density at radius 1 is 0.864 bits per heavy atom. The SMILES string of the molecule is CC(C)C.CC(C)CN(CC(O)C(Cc1ccccc1)NC(=O)CNC(=O)CNC(=O)c1ccccn1)C(=O)OC(C)(C)C. The van der Waals surface area contributed by atoms with Crippen molar-refractivity contribution in [1.82, 2.24) is 25.8 Å². The lowest BCUT2D eigenvalue weighted by atomic mass is 10.0. The Morgan fingerprint density at radius 3 is 2.00 bits per heavy atom. The molecule has 2 rings (SSSR count). The number of aliphatic hydroxyl groups is 1. The van der Waals surface area contributed by atoms with E-state index in [0.717, 1.165) is 11.5 Å². The molecule has 4 N–H and O–H groups in total. The molecule has 0 bridgehead atoms. The molecule has 2 atom stereocenters. The molecule has 4 amide bonds. The summed E-state index contributed by atoms with van der Waals surface area (Å²) in [7, 11) is 0. The number of aliphatic hydroxyl groups excluding tert-OH is 1. The molecular weight excluding hydrogens is 562 g/mol. The minimum Gasteiger partial charge on any atom is -0.444 e. The Bertz CT molecular complexity index is 1150. The Labute approximate surface area is 262 Å². The molecule has 0 aliphatic rings. The number of nitrogens with zero attached hydrogens (tertiary/aromatic N) is 2. The van der Waals surface area contributed by atoms with Crippen LogP contribution in [0.4, 0.5) is 4.79 Å². The number of nitrogens with one attached hydrogen (secondary N) is 3. The highest BCUT2D eigenvalue weighted by Gasteiger charge is 2.29. The number of aromatic nitrogens is 1. The third-order valence-electron chi connectivity index (χ3n) is 5.51. The molecule has 44 heavy (non-hydrogen) atoms. The Kier molecular flexibility index (Phi) is 16.7. The summed E-state index contributed by atoms with van der Waals surface area (Å²) < 4.78 is 5.52. The first kappa shape index (κ1) is 38.0. The second kappa shape index (κ2) is 19.3. The quantitative estimate of drug-likeness (QED) is 0.270. The second-order valence-corrected chi connectivity index (χ2v) is 12.6. The van der Waals surface area contributed by atoms with Crippen molar-refractivity contribution in [3.05, 3.63) is 66.0 Å². The van der Waals surface area contributed by atoms with Crippen LogP contribution in [0.25, 0.3) is 0 Å². The zero-order valence-corrected chi connectivity index (χ0v) is 27.4. The molecule has 2 unspecified atom stereocenters. The van der Waals surface area contributed by atoms with Crippen LogP contribution in [0.1, 0.15) is 71.4 Å². The summed E-state index contributed by atoms with van der Waals surface area (Å²) in [5.41, 5.74) is 0.342. The number of pyridine rings is 1. The smallest absolute Gasteiger partial charge is 0.410 e. The zero-order chi connectivity index (χ0) is 33.3. The minimum atomic E-state index is -1.12. The number of ether oxygens (including phenoxy) is 1. The normalized spacial score (nSPS) is 12.3. The van der Waals surface area contributed by atoms with E-state index >= 15 is 0 Å². The van der Waals surface area contributed by atoms with Gasteiger partial charge in [-0.25, -0.2) is 4.79 Å². The fraction of sp³-hybridized carbons (Fsp3) is 0.545. The molecule has 0 fully saturated rings. The van der Waals surface area contributed by atoms with Gasteiger partial charge >= 0.3 is 6.09 Å². The number of carbonyl (C=O) groups excluding carboxylic acids is 4. The van der Waals surface area contributed by atoms with Crippen LogP contribution in [-0.2, 0) is 20.7 Å². The van der Waals surface area contributed by atoms with Crippen LogP contribution < -0.4 is 16.0 Å². The summed E-state index contributed by atoms with van der Waals surface area (Å²) in [6.07, 6.45) is 0.0924. The fourth-order valence-corrected chi connectivity index (χ4v) is 3.74. The molecule has 2 aromatic rings. The van der Waals surface area contributed by atoms with Gasteiger partial charge in [-0.05, 0) is 56.7 Å². The number of benzene rings is 1. The average Bonchev–Trinajstić information content (AvgIpc) is 2.93. The predicted molar refractivity (Wildman–Crippen MR) is 171 cm³/mol. The van der Waals surface area contributed by atoms with E-state index in [4.69, 9.17) is 4.74 Å². The number of hydrogen-bond donors (Lipinski definition) is 4. The van der Waals surface area contributed by atoms with Gasteiger partial charge in [-0.3, -0.25) is 19.4 Å². The topological polar surface area (TPSA) is 150 Å².